The van der Waals surface area contributed by atoms with Crippen LogP contribution in [-0.2, 0) is 17.9 Å². The van der Waals surface area contributed by atoms with E-state index in [2.05, 4.69) is 0 Å². The molecule has 0 unspecified atom stereocenters. The van der Waals surface area contributed by atoms with Crippen molar-refractivity contribution in [1.82, 2.24) is 4.90 Å². The van der Waals surface area contributed by atoms with Crippen molar-refractivity contribution in [3.63, 3.8) is 0 Å². The van der Waals surface area contributed by atoms with Crippen LogP contribution in [0.3, 0.4) is 0 Å². The Labute approximate surface area is 133 Å². The van der Waals surface area contributed by atoms with Gasteiger partial charge in [0.2, 0.25) is 0 Å². The van der Waals surface area contributed by atoms with Crippen LogP contribution in [0.1, 0.15) is 57.6 Å². The summed E-state index contributed by atoms with van der Waals surface area (Å²) >= 11 is 0. The summed E-state index contributed by atoms with van der Waals surface area (Å²) < 4.78 is 5.58. The maximum Gasteiger partial charge on any atom is 0.410 e. The van der Waals surface area contributed by atoms with Crippen LogP contribution in [0.15, 0.2) is 24.3 Å². The number of carbonyl (C=O) groups excluding carboxylic acids is 1. The summed E-state index contributed by atoms with van der Waals surface area (Å²) in [5.41, 5.74) is 1.47. The van der Waals surface area contributed by atoms with Crippen LogP contribution >= 0.6 is 0 Å². The zero-order valence-corrected chi connectivity index (χ0v) is 13.8. The molecule has 0 heterocycles. The molecule has 0 bridgehead atoms. The lowest BCUT2D eigenvalue weighted by Crippen LogP contribution is -2.41. The van der Waals surface area contributed by atoms with Gasteiger partial charge in [-0.15, -0.1) is 0 Å². The number of hydrogen-bond acceptors (Lipinski definition) is 3. The van der Waals surface area contributed by atoms with Crippen LogP contribution in [0.4, 0.5) is 4.79 Å². The van der Waals surface area contributed by atoms with Gasteiger partial charge in [-0.05, 0) is 44.7 Å². The fourth-order valence-electron chi connectivity index (χ4n) is 2.83. The first kappa shape index (κ1) is 16.8. The van der Waals surface area contributed by atoms with Gasteiger partial charge in [0.15, 0.2) is 0 Å². The monoisotopic (exact) mass is 305 g/mol. The van der Waals surface area contributed by atoms with Crippen molar-refractivity contribution in [3.8, 4) is 0 Å². The number of aliphatic hydroxyl groups excluding tert-OH is 1. The van der Waals surface area contributed by atoms with E-state index in [1.807, 2.05) is 49.9 Å². The predicted molar refractivity (Wildman–Crippen MR) is 86.4 cm³/mol. The summed E-state index contributed by atoms with van der Waals surface area (Å²) in [5, 5.41) is 9.11. The Morgan fingerprint density at radius 3 is 2.23 bits per heavy atom. The average Bonchev–Trinajstić information content (AvgIpc) is 2.97. The minimum Gasteiger partial charge on any atom is -0.444 e. The zero-order chi connectivity index (χ0) is 16.2. The molecule has 0 spiro atoms. The normalized spacial score (nSPS) is 15.8. The van der Waals surface area contributed by atoms with E-state index < -0.39 is 5.60 Å². The summed E-state index contributed by atoms with van der Waals surface area (Å²) in [4.78, 5) is 14.4. The molecule has 1 aliphatic rings. The Balaban J connectivity index is 2.11. The van der Waals surface area contributed by atoms with E-state index in [-0.39, 0.29) is 18.7 Å². The van der Waals surface area contributed by atoms with E-state index in [1.165, 1.54) is 12.8 Å². The number of hydrogen-bond donors (Lipinski definition) is 1. The molecule has 0 saturated heterocycles. The van der Waals surface area contributed by atoms with E-state index in [9.17, 15) is 4.79 Å². The van der Waals surface area contributed by atoms with Gasteiger partial charge in [-0.2, -0.15) is 0 Å². The maximum atomic E-state index is 12.5. The van der Waals surface area contributed by atoms with E-state index in [4.69, 9.17) is 9.84 Å². The third-order valence-corrected chi connectivity index (χ3v) is 3.95. The molecule has 122 valence electrons. The van der Waals surface area contributed by atoms with Gasteiger partial charge in [0, 0.05) is 12.6 Å². The highest BCUT2D eigenvalue weighted by molar-refractivity contribution is 5.68. The van der Waals surface area contributed by atoms with Crippen LogP contribution in [0.2, 0.25) is 0 Å². The summed E-state index contributed by atoms with van der Waals surface area (Å²) in [5.74, 6) is 0. The molecule has 1 saturated carbocycles. The summed E-state index contributed by atoms with van der Waals surface area (Å²) in [6.07, 6.45) is 4.22. The van der Waals surface area contributed by atoms with Gasteiger partial charge in [0.1, 0.15) is 5.60 Å². The van der Waals surface area contributed by atoms with E-state index in [0.29, 0.717) is 6.54 Å². The average molecular weight is 305 g/mol. The second-order valence-electron chi connectivity index (χ2n) is 7.02. The van der Waals surface area contributed by atoms with Gasteiger partial charge in [0.25, 0.3) is 0 Å². The molecule has 0 aromatic heterocycles. The first-order valence-corrected chi connectivity index (χ1v) is 8.07. The molecule has 22 heavy (non-hydrogen) atoms. The molecule has 0 atom stereocenters. The Morgan fingerprint density at radius 2 is 1.73 bits per heavy atom. The standard InChI is InChI=1S/C18H27NO3/c1-18(2,3)22-17(21)19(16-6-4-5-7-16)12-14-8-10-15(13-20)11-9-14/h8-11,16,20H,4-7,12-13H2,1-3H3. The second kappa shape index (κ2) is 7.14. The topological polar surface area (TPSA) is 49.8 Å². The van der Waals surface area contributed by atoms with Crippen LogP contribution < -0.4 is 0 Å². The fraction of sp³-hybridized carbons (Fsp3) is 0.611. The van der Waals surface area contributed by atoms with Crippen LogP contribution in [-0.4, -0.2) is 27.7 Å². The van der Waals surface area contributed by atoms with Crippen molar-refractivity contribution in [3.05, 3.63) is 35.4 Å². The van der Waals surface area contributed by atoms with E-state index in [1.54, 1.807) is 0 Å². The molecule has 1 aromatic carbocycles. The molecule has 1 aromatic rings. The quantitative estimate of drug-likeness (QED) is 0.919. The lowest BCUT2D eigenvalue weighted by molar-refractivity contribution is 0.0145. The van der Waals surface area contributed by atoms with Gasteiger partial charge in [-0.1, -0.05) is 37.1 Å². The zero-order valence-electron chi connectivity index (χ0n) is 13.8. The van der Waals surface area contributed by atoms with E-state index >= 15 is 0 Å². The highest BCUT2D eigenvalue weighted by Gasteiger charge is 2.30. The fourth-order valence-corrected chi connectivity index (χ4v) is 2.83. The molecule has 2 rings (SSSR count). The number of ether oxygens (including phenoxy) is 1. The highest BCUT2D eigenvalue weighted by Crippen LogP contribution is 2.26. The Hall–Kier alpha value is -1.55. The number of benzene rings is 1. The van der Waals surface area contributed by atoms with Gasteiger partial charge in [0.05, 0.1) is 6.61 Å². The third-order valence-electron chi connectivity index (χ3n) is 3.95. The van der Waals surface area contributed by atoms with Crippen molar-refractivity contribution in [2.24, 2.45) is 0 Å². The molecule has 1 N–H and O–H groups in total. The first-order valence-electron chi connectivity index (χ1n) is 8.07. The van der Waals surface area contributed by atoms with Crippen molar-refractivity contribution >= 4 is 6.09 Å². The van der Waals surface area contributed by atoms with Crippen molar-refractivity contribution < 1.29 is 14.6 Å². The number of nitrogens with zero attached hydrogens (tertiary/aromatic N) is 1. The minimum absolute atomic E-state index is 0.0404. The Kier molecular flexibility index (Phi) is 5.46. The molecule has 1 fully saturated rings. The van der Waals surface area contributed by atoms with Crippen LogP contribution in [0, 0.1) is 0 Å². The van der Waals surface area contributed by atoms with Gasteiger partial charge < -0.3 is 14.7 Å². The molecule has 0 aliphatic heterocycles. The Morgan fingerprint density at radius 1 is 1.18 bits per heavy atom. The maximum absolute atomic E-state index is 12.5. The van der Waals surface area contributed by atoms with Crippen LogP contribution in [0.25, 0.3) is 0 Å². The van der Waals surface area contributed by atoms with Gasteiger partial charge in [-0.3, -0.25) is 0 Å². The molecular weight excluding hydrogens is 278 g/mol. The molecule has 4 heteroatoms. The molecule has 4 nitrogen and oxygen atoms in total. The Bertz CT molecular complexity index is 484. The lowest BCUT2D eigenvalue weighted by atomic mass is 10.1. The number of carbonyl (C=O) groups is 1. The molecule has 0 radical (unpaired) electrons. The minimum atomic E-state index is -0.477. The third kappa shape index (κ3) is 4.73. The summed E-state index contributed by atoms with van der Waals surface area (Å²) in [6.45, 7) is 6.29. The molecule has 1 amide bonds. The van der Waals surface area contributed by atoms with Gasteiger partial charge >= 0.3 is 6.09 Å². The smallest absolute Gasteiger partial charge is 0.410 e. The second-order valence-corrected chi connectivity index (χ2v) is 7.02. The predicted octanol–water partition coefficient (Wildman–Crippen LogP) is 3.86. The van der Waals surface area contributed by atoms with Crippen LogP contribution in [0.5, 0.6) is 0 Å². The lowest BCUT2D eigenvalue weighted by Gasteiger charge is -2.31. The number of amides is 1. The van der Waals surface area contributed by atoms with Crippen molar-refractivity contribution in [2.45, 2.75) is 71.2 Å². The summed E-state index contributed by atoms with van der Waals surface area (Å²) in [7, 11) is 0. The SMILES string of the molecule is CC(C)(C)OC(=O)N(Cc1ccc(CO)cc1)C1CCCC1. The van der Waals surface area contributed by atoms with Gasteiger partial charge in [-0.25, -0.2) is 4.79 Å². The largest absolute Gasteiger partial charge is 0.444 e. The summed E-state index contributed by atoms with van der Waals surface area (Å²) in [6, 6.07) is 8.01. The van der Waals surface area contributed by atoms with Crippen molar-refractivity contribution in [2.75, 3.05) is 0 Å². The van der Waals surface area contributed by atoms with Crippen molar-refractivity contribution in [1.29, 1.82) is 0 Å². The highest BCUT2D eigenvalue weighted by atomic mass is 16.6. The molecular formula is C18H27NO3. The number of rotatable bonds is 4. The number of aliphatic hydroxyl groups is 1. The first-order chi connectivity index (χ1) is 10.4. The van der Waals surface area contributed by atoms with E-state index in [0.717, 1.165) is 24.0 Å². The molecule has 1 aliphatic carbocycles.